The second-order valence-electron chi connectivity index (χ2n) is 3.05. The van der Waals surface area contributed by atoms with Crippen molar-refractivity contribution in [3.63, 3.8) is 0 Å². The van der Waals surface area contributed by atoms with E-state index in [1.807, 2.05) is 39.0 Å². The molecule has 0 saturated heterocycles. The maximum absolute atomic E-state index is 5.58. The van der Waals surface area contributed by atoms with Gasteiger partial charge in [0.15, 0.2) is 0 Å². The molecule has 1 heterocycles. The number of rotatable bonds is 3. The molecule has 0 aromatic carbocycles. The van der Waals surface area contributed by atoms with Crippen molar-refractivity contribution in [1.82, 2.24) is 0 Å². The van der Waals surface area contributed by atoms with Crippen molar-refractivity contribution in [2.75, 3.05) is 0 Å². The summed E-state index contributed by atoms with van der Waals surface area (Å²) in [5, 5.41) is 0. The van der Waals surface area contributed by atoms with Crippen LogP contribution in [0, 0.1) is 6.92 Å². The Morgan fingerprint density at radius 1 is 1.07 bits per heavy atom. The summed E-state index contributed by atoms with van der Waals surface area (Å²) in [5.41, 5.74) is 2.25. The largest absolute Gasteiger partial charge is 0.461 e. The molecule has 1 aromatic heterocycles. The first-order valence-corrected chi connectivity index (χ1v) is 4.75. The van der Waals surface area contributed by atoms with Crippen LogP contribution in [0.15, 0.2) is 23.1 Å². The third-order valence-electron chi connectivity index (χ3n) is 2.05. The lowest BCUT2D eigenvalue weighted by molar-refractivity contribution is 0.524. The fraction of sp³-hybridized carbons (Fsp3) is 0.231. The van der Waals surface area contributed by atoms with Gasteiger partial charge in [0, 0.05) is 11.1 Å². The van der Waals surface area contributed by atoms with Gasteiger partial charge in [-0.1, -0.05) is 30.9 Å². The molecular formula is C13H16O. The zero-order chi connectivity index (χ0) is 10.6. The Hall–Kier alpha value is -1.50. The predicted octanol–water partition coefficient (Wildman–Crippen LogP) is 4.30. The van der Waals surface area contributed by atoms with Gasteiger partial charge in [0.2, 0.25) is 0 Å². The van der Waals surface area contributed by atoms with Crippen molar-refractivity contribution >= 4 is 18.2 Å². The fourth-order valence-corrected chi connectivity index (χ4v) is 1.46. The third-order valence-corrected chi connectivity index (χ3v) is 2.05. The molecule has 74 valence electrons. The SMILES string of the molecule is C=Cc1oc(C)c(/C=C\C)c1/C=C\C. The number of hydrogen-bond donors (Lipinski definition) is 0. The van der Waals surface area contributed by atoms with Gasteiger partial charge in [0.1, 0.15) is 11.5 Å². The summed E-state index contributed by atoms with van der Waals surface area (Å²) < 4.78 is 5.58. The lowest BCUT2D eigenvalue weighted by atomic mass is 10.1. The van der Waals surface area contributed by atoms with Crippen LogP contribution in [-0.4, -0.2) is 0 Å². The topological polar surface area (TPSA) is 13.1 Å². The highest BCUT2D eigenvalue weighted by Crippen LogP contribution is 2.25. The molecule has 0 atom stereocenters. The smallest absolute Gasteiger partial charge is 0.134 e. The van der Waals surface area contributed by atoms with E-state index in [2.05, 4.69) is 12.7 Å². The predicted molar refractivity (Wildman–Crippen MR) is 63.0 cm³/mol. The lowest BCUT2D eigenvalue weighted by Gasteiger charge is -1.92. The van der Waals surface area contributed by atoms with Crippen molar-refractivity contribution in [1.29, 1.82) is 0 Å². The van der Waals surface area contributed by atoms with E-state index in [0.29, 0.717) is 0 Å². The molecule has 0 aliphatic rings. The van der Waals surface area contributed by atoms with Gasteiger partial charge in [-0.25, -0.2) is 0 Å². The Labute approximate surface area is 85.4 Å². The quantitative estimate of drug-likeness (QED) is 0.689. The van der Waals surface area contributed by atoms with E-state index in [4.69, 9.17) is 4.42 Å². The first kappa shape index (κ1) is 10.6. The minimum Gasteiger partial charge on any atom is -0.461 e. The summed E-state index contributed by atoms with van der Waals surface area (Å²) in [5.74, 6) is 1.78. The normalized spacial score (nSPS) is 11.6. The van der Waals surface area contributed by atoms with Crippen molar-refractivity contribution in [2.24, 2.45) is 0 Å². The minimum atomic E-state index is 0.841. The van der Waals surface area contributed by atoms with Crippen LogP contribution < -0.4 is 0 Å². The first-order chi connectivity index (χ1) is 6.74. The summed E-state index contributed by atoms with van der Waals surface area (Å²) in [7, 11) is 0. The molecular weight excluding hydrogens is 172 g/mol. The van der Waals surface area contributed by atoms with Gasteiger partial charge in [-0.3, -0.25) is 0 Å². The third kappa shape index (κ3) is 1.87. The van der Waals surface area contributed by atoms with E-state index in [1.165, 1.54) is 0 Å². The van der Waals surface area contributed by atoms with E-state index in [9.17, 15) is 0 Å². The number of hydrogen-bond acceptors (Lipinski definition) is 1. The molecule has 0 N–H and O–H groups in total. The van der Waals surface area contributed by atoms with Crippen molar-refractivity contribution in [3.8, 4) is 0 Å². The first-order valence-electron chi connectivity index (χ1n) is 4.75. The van der Waals surface area contributed by atoms with E-state index in [0.717, 1.165) is 22.6 Å². The van der Waals surface area contributed by atoms with E-state index >= 15 is 0 Å². The maximum Gasteiger partial charge on any atom is 0.134 e. The standard InChI is InChI=1S/C13H16O/c1-5-8-11-10(4)14-13(7-3)12(11)9-6-2/h5-9H,3H2,1-2,4H3/b8-5-,9-6-. The van der Waals surface area contributed by atoms with Crippen LogP contribution in [0.1, 0.15) is 36.5 Å². The Balaban J connectivity index is 3.37. The minimum absolute atomic E-state index is 0.841. The summed E-state index contributed by atoms with van der Waals surface area (Å²) in [6.45, 7) is 9.70. The number of furan rings is 1. The molecule has 0 amide bonds. The number of aryl methyl sites for hydroxylation is 1. The zero-order valence-electron chi connectivity index (χ0n) is 9.00. The van der Waals surface area contributed by atoms with Crippen LogP contribution in [0.4, 0.5) is 0 Å². The molecule has 0 fully saturated rings. The number of allylic oxidation sites excluding steroid dienone is 2. The Morgan fingerprint density at radius 3 is 2.14 bits per heavy atom. The van der Waals surface area contributed by atoms with Gasteiger partial charge in [-0.05, 0) is 26.8 Å². The Kier molecular flexibility index (Phi) is 3.52. The summed E-state index contributed by atoms with van der Waals surface area (Å²) >= 11 is 0. The highest BCUT2D eigenvalue weighted by Gasteiger charge is 2.10. The molecule has 1 heteroatoms. The van der Waals surface area contributed by atoms with Crippen LogP contribution >= 0.6 is 0 Å². The molecule has 0 aliphatic heterocycles. The molecule has 0 aliphatic carbocycles. The summed E-state index contributed by atoms with van der Waals surface area (Å²) in [6, 6.07) is 0. The van der Waals surface area contributed by atoms with Crippen LogP contribution in [-0.2, 0) is 0 Å². The Morgan fingerprint density at radius 2 is 1.64 bits per heavy atom. The van der Waals surface area contributed by atoms with Crippen molar-refractivity contribution in [3.05, 3.63) is 41.4 Å². The van der Waals surface area contributed by atoms with Crippen LogP contribution in [0.3, 0.4) is 0 Å². The van der Waals surface area contributed by atoms with Gasteiger partial charge in [-0.2, -0.15) is 0 Å². The molecule has 1 rings (SSSR count). The van der Waals surface area contributed by atoms with Gasteiger partial charge >= 0.3 is 0 Å². The van der Waals surface area contributed by atoms with E-state index in [1.54, 1.807) is 6.08 Å². The zero-order valence-corrected chi connectivity index (χ0v) is 9.00. The van der Waals surface area contributed by atoms with Crippen molar-refractivity contribution in [2.45, 2.75) is 20.8 Å². The van der Waals surface area contributed by atoms with Gasteiger partial charge in [0.25, 0.3) is 0 Å². The monoisotopic (exact) mass is 188 g/mol. The lowest BCUT2D eigenvalue weighted by Crippen LogP contribution is -1.77. The molecule has 1 nitrogen and oxygen atoms in total. The average Bonchev–Trinajstić information content (AvgIpc) is 2.47. The second-order valence-corrected chi connectivity index (χ2v) is 3.05. The average molecular weight is 188 g/mol. The molecule has 0 spiro atoms. The van der Waals surface area contributed by atoms with E-state index < -0.39 is 0 Å². The summed E-state index contributed by atoms with van der Waals surface area (Å²) in [6.07, 6.45) is 9.86. The second kappa shape index (κ2) is 4.66. The molecule has 14 heavy (non-hydrogen) atoms. The fourth-order valence-electron chi connectivity index (χ4n) is 1.46. The van der Waals surface area contributed by atoms with Gasteiger partial charge in [-0.15, -0.1) is 0 Å². The highest BCUT2D eigenvalue weighted by atomic mass is 16.3. The van der Waals surface area contributed by atoms with Crippen LogP contribution in [0.2, 0.25) is 0 Å². The van der Waals surface area contributed by atoms with Crippen molar-refractivity contribution < 1.29 is 4.42 Å². The van der Waals surface area contributed by atoms with E-state index in [-0.39, 0.29) is 0 Å². The van der Waals surface area contributed by atoms with Crippen LogP contribution in [0.25, 0.3) is 18.2 Å². The molecule has 0 bridgehead atoms. The molecule has 0 radical (unpaired) electrons. The van der Waals surface area contributed by atoms with Gasteiger partial charge < -0.3 is 4.42 Å². The maximum atomic E-state index is 5.58. The highest BCUT2D eigenvalue weighted by molar-refractivity contribution is 5.72. The summed E-state index contributed by atoms with van der Waals surface area (Å²) in [4.78, 5) is 0. The molecule has 0 saturated carbocycles. The Bertz CT molecular complexity index is 378. The molecule has 1 aromatic rings. The van der Waals surface area contributed by atoms with Gasteiger partial charge in [0.05, 0.1) is 0 Å². The van der Waals surface area contributed by atoms with Crippen LogP contribution in [0.5, 0.6) is 0 Å². The molecule has 0 unspecified atom stereocenters.